The van der Waals surface area contributed by atoms with Crippen molar-refractivity contribution in [2.75, 3.05) is 6.54 Å². The highest BCUT2D eigenvalue weighted by molar-refractivity contribution is 5.95. The van der Waals surface area contributed by atoms with Gasteiger partial charge in [0.2, 0.25) is 11.8 Å². The number of nitrogens with one attached hydrogen (secondary N) is 2. The van der Waals surface area contributed by atoms with Gasteiger partial charge in [-0.05, 0) is 72.2 Å². The van der Waals surface area contributed by atoms with E-state index >= 15 is 0 Å². The Morgan fingerprint density at radius 3 is 1.77 bits per heavy atom. The van der Waals surface area contributed by atoms with Gasteiger partial charge in [-0.2, -0.15) is 0 Å². The molecule has 2 amide bonds. The quantitative estimate of drug-likeness (QED) is 0.0568. The Balaban J connectivity index is 1.35. The molecule has 9 nitrogen and oxygen atoms in total. The number of hydrogen-bond donors (Lipinski definition) is 4. The maximum atomic E-state index is 14.3. The van der Waals surface area contributed by atoms with Crippen molar-refractivity contribution >= 4 is 40.1 Å². The van der Waals surface area contributed by atoms with Crippen LogP contribution in [0.5, 0.6) is 0 Å². The van der Waals surface area contributed by atoms with Gasteiger partial charge in [0, 0.05) is 37.5 Å². The summed E-state index contributed by atoms with van der Waals surface area (Å²) in [5, 5.41) is 17.8. The highest BCUT2D eigenvalue weighted by Gasteiger charge is 2.32. The van der Waals surface area contributed by atoms with Gasteiger partial charge in [-0.15, -0.1) is 0 Å². The monoisotopic (exact) mass is 767 g/mol. The summed E-state index contributed by atoms with van der Waals surface area (Å²) >= 11 is 0. The lowest BCUT2D eigenvalue weighted by Crippen LogP contribution is -2.48. The normalized spacial score (nSPS) is 13.2. The topological polar surface area (TPSA) is 156 Å². The molecule has 5 rings (SSSR count). The van der Waals surface area contributed by atoms with E-state index in [0.29, 0.717) is 32.2 Å². The molecular weight excluding hydrogens is 715 g/mol. The van der Waals surface area contributed by atoms with Gasteiger partial charge in [0.05, 0.1) is 6.04 Å². The number of rotatable bonds is 22. The van der Waals surface area contributed by atoms with Crippen LogP contribution < -0.4 is 16.4 Å². The van der Waals surface area contributed by atoms with Crippen LogP contribution in [0.25, 0.3) is 10.8 Å². The van der Waals surface area contributed by atoms with Gasteiger partial charge >= 0.3 is 5.97 Å². The highest BCUT2D eigenvalue weighted by Crippen LogP contribution is 2.21. The SMILES string of the molecule is Cc1ccc(C[C@@H](NC(=O)[C@@H](CCCCN)CC(=O)[C@@H](Cc2ccccc2)NC(=O)[C@H](CC(=O)Cc2ccc3ccccc3c2)Cc2ccccc2)C(=O)O)cc1. The average molecular weight is 768 g/mol. The first kappa shape index (κ1) is 42.2. The molecule has 0 heterocycles. The number of hydrogen-bond acceptors (Lipinski definition) is 6. The molecule has 5 aromatic rings. The number of benzene rings is 5. The number of nitrogens with two attached hydrogens (primary N) is 1. The Labute approximate surface area is 335 Å². The second-order valence-corrected chi connectivity index (χ2v) is 15.0. The van der Waals surface area contributed by atoms with Gasteiger partial charge in [0.25, 0.3) is 0 Å². The van der Waals surface area contributed by atoms with Gasteiger partial charge in [0.1, 0.15) is 11.8 Å². The third-order valence-electron chi connectivity index (χ3n) is 10.4. The predicted molar refractivity (Wildman–Crippen MR) is 223 cm³/mol. The first-order valence-electron chi connectivity index (χ1n) is 19.8. The molecular formula is C48H53N3O6. The van der Waals surface area contributed by atoms with Crippen molar-refractivity contribution in [3.8, 4) is 0 Å². The number of carbonyl (C=O) groups excluding carboxylic acids is 4. The minimum Gasteiger partial charge on any atom is -0.480 e. The number of fused-ring (bicyclic) bond motifs is 1. The molecule has 0 spiro atoms. The number of aliphatic carboxylic acids is 1. The smallest absolute Gasteiger partial charge is 0.326 e. The molecule has 0 saturated carbocycles. The maximum Gasteiger partial charge on any atom is 0.326 e. The minimum absolute atomic E-state index is 0.0263. The van der Waals surface area contributed by atoms with Crippen molar-refractivity contribution in [2.45, 2.75) is 76.8 Å². The molecule has 0 bridgehead atoms. The first-order chi connectivity index (χ1) is 27.6. The Bertz CT molecular complexity index is 2100. The van der Waals surface area contributed by atoms with Crippen molar-refractivity contribution in [3.63, 3.8) is 0 Å². The van der Waals surface area contributed by atoms with E-state index < -0.39 is 41.7 Å². The zero-order valence-electron chi connectivity index (χ0n) is 32.6. The largest absolute Gasteiger partial charge is 0.480 e. The lowest BCUT2D eigenvalue weighted by molar-refractivity contribution is -0.142. The van der Waals surface area contributed by atoms with Crippen LogP contribution in [0.1, 0.15) is 59.9 Å². The number of Topliss-reactive ketones (excluding diaryl/α,β-unsaturated/α-hetero) is 2. The zero-order valence-corrected chi connectivity index (χ0v) is 32.6. The lowest BCUT2D eigenvalue weighted by Gasteiger charge is -2.25. The summed E-state index contributed by atoms with van der Waals surface area (Å²) in [6, 6.07) is 37.9. The second-order valence-electron chi connectivity index (χ2n) is 15.0. The molecule has 0 aliphatic heterocycles. The van der Waals surface area contributed by atoms with E-state index in [1.165, 1.54) is 0 Å². The van der Waals surface area contributed by atoms with Crippen molar-refractivity contribution < 1.29 is 29.1 Å². The fraction of sp³-hybridized carbons (Fsp3) is 0.312. The van der Waals surface area contributed by atoms with Gasteiger partial charge in [0.15, 0.2) is 5.78 Å². The molecule has 4 atom stereocenters. The van der Waals surface area contributed by atoms with Crippen molar-refractivity contribution in [2.24, 2.45) is 17.6 Å². The minimum atomic E-state index is -1.20. The van der Waals surface area contributed by atoms with Crippen LogP contribution >= 0.6 is 0 Å². The summed E-state index contributed by atoms with van der Waals surface area (Å²) in [5.41, 5.74) is 10.1. The van der Waals surface area contributed by atoms with Crippen LogP contribution in [0, 0.1) is 18.8 Å². The van der Waals surface area contributed by atoms with Crippen LogP contribution in [-0.2, 0) is 49.7 Å². The number of carbonyl (C=O) groups is 5. The average Bonchev–Trinajstić information content (AvgIpc) is 3.21. The summed E-state index contributed by atoms with van der Waals surface area (Å²) < 4.78 is 0. The lowest BCUT2D eigenvalue weighted by atomic mass is 9.88. The number of carboxylic acids is 1. The number of amides is 2. The van der Waals surface area contributed by atoms with Crippen molar-refractivity contribution in [1.29, 1.82) is 0 Å². The van der Waals surface area contributed by atoms with Gasteiger partial charge in [-0.25, -0.2) is 4.79 Å². The van der Waals surface area contributed by atoms with E-state index in [1.54, 1.807) is 0 Å². The molecule has 9 heteroatoms. The summed E-state index contributed by atoms with van der Waals surface area (Å²) in [6.45, 7) is 2.34. The molecule has 0 unspecified atom stereocenters. The van der Waals surface area contributed by atoms with E-state index in [2.05, 4.69) is 10.6 Å². The molecule has 57 heavy (non-hydrogen) atoms. The Morgan fingerprint density at radius 2 is 1.12 bits per heavy atom. The number of aryl methyl sites for hydroxylation is 1. The summed E-state index contributed by atoms with van der Waals surface area (Å²) in [6.07, 6.45) is 1.99. The molecule has 5 aromatic carbocycles. The van der Waals surface area contributed by atoms with Crippen LogP contribution in [0.3, 0.4) is 0 Å². The third kappa shape index (κ3) is 13.4. The molecule has 0 saturated heterocycles. The summed E-state index contributed by atoms with van der Waals surface area (Å²) in [7, 11) is 0. The molecule has 5 N–H and O–H groups in total. The van der Waals surface area contributed by atoms with Gasteiger partial charge < -0.3 is 21.5 Å². The van der Waals surface area contributed by atoms with Crippen LogP contribution in [-0.4, -0.2) is 53.1 Å². The van der Waals surface area contributed by atoms with Gasteiger partial charge in [-0.1, -0.05) is 139 Å². The van der Waals surface area contributed by atoms with Crippen LogP contribution in [0.2, 0.25) is 0 Å². The van der Waals surface area contributed by atoms with Gasteiger partial charge in [-0.3, -0.25) is 19.2 Å². The molecule has 0 aromatic heterocycles. The Hall–Kier alpha value is -5.93. The standard InChI is InChI=1S/C48H53N3O6/c1-33-19-21-36(22-20-33)30-44(48(56)57)51-46(54)40(18-10-11-25-49)32-45(53)43(29-35-14-6-3-7-15-35)50-47(55)41(26-34-12-4-2-5-13-34)31-42(52)28-37-23-24-38-16-8-9-17-39(38)27-37/h2-9,12-17,19-24,27,40-41,43-44H,10-11,18,25-26,28-32,49H2,1H3,(H,50,55)(H,51,54)(H,56,57)/t40-,41-,43+,44+/m0/s1. The van der Waals surface area contributed by atoms with E-state index in [-0.39, 0.29) is 43.7 Å². The fourth-order valence-corrected chi connectivity index (χ4v) is 7.16. The van der Waals surface area contributed by atoms with E-state index in [1.807, 2.05) is 134 Å². The maximum absolute atomic E-state index is 14.3. The fourth-order valence-electron chi connectivity index (χ4n) is 7.16. The third-order valence-corrected chi connectivity index (χ3v) is 10.4. The van der Waals surface area contributed by atoms with Crippen LogP contribution in [0.4, 0.5) is 0 Å². The summed E-state index contributed by atoms with van der Waals surface area (Å²) in [4.78, 5) is 68.4. The molecule has 0 fully saturated rings. The Kier molecular flexibility index (Phi) is 15.8. The van der Waals surface area contributed by atoms with E-state index in [4.69, 9.17) is 5.73 Å². The first-order valence-corrected chi connectivity index (χ1v) is 19.8. The summed E-state index contributed by atoms with van der Waals surface area (Å²) in [5.74, 6) is -4.19. The van der Waals surface area contributed by atoms with E-state index in [0.717, 1.165) is 38.6 Å². The van der Waals surface area contributed by atoms with Crippen LogP contribution in [0.15, 0.2) is 127 Å². The van der Waals surface area contributed by atoms with Crippen molar-refractivity contribution in [1.82, 2.24) is 10.6 Å². The highest BCUT2D eigenvalue weighted by atomic mass is 16.4. The molecule has 0 aliphatic carbocycles. The zero-order chi connectivity index (χ0) is 40.6. The second kappa shape index (κ2) is 21.4. The van der Waals surface area contributed by atoms with E-state index in [9.17, 15) is 29.1 Å². The predicted octanol–water partition coefficient (Wildman–Crippen LogP) is 6.75. The Morgan fingerprint density at radius 1 is 0.579 bits per heavy atom. The number of carboxylic acid groups (broad SMARTS) is 1. The molecule has 296 valence electrons. The number of unbranched alkanes of at least 4 members (excludes halogenated alkanes) is 1. The van der Waals surface area contributed by atoms with Crippen molar-refractivity contribution in [3.05, 3.63) is 155 Å². The number of ketones is 2. The molecule has 0 aliphatic rings. The molecule has 0 radical (unpaired) electrons.